The minimum atomic E-state index is -0.868. The molecule has 0 amide bonds. The molecule has 0 saturated carbocycles. The van der Waals surface area contributed by atoms with E-state index in [9.17, 15) is 9.59 Å². The summed E-state index contributed by atoms with van der Waals surface area (Å²) in [7, 11) is 0. The minimum Gasteiger partial charge on any atom is -0.457 e. The molecule has 0 bridgehead atoms. The van der Waals surface area contributed by atoms with Crippen LogP contribution in [0.4, 0.5) is 0 Å². The first-order valence-corrected chi connectivity index (χ1v) is 7.22. The Hall–Kier alpha value is -1.10. The van der Waals surface area contributed by atoms with E-state index in [1.54, 1.807) is 0 Å². The van der Waals surface area contributed by atoms with Gasteiger partial charge in [0, 0.05) is 13.2 Å². The van der Waals surface area contributed by atoms with Crippen LogP contribution in [0.2, 0.25) is 0 Å². The van der Waals surface area contributed by atoms with Gasteiger partial charge in [-0.15, -0.1) is 0 Å². The second-order valence-electron chi connectivity index (χ2n) is 4.71. The van der Waals surface area contributed by atoms with Gasteiger partial charge >= 0.3 is 11.9 Å². The van der Waals surface area contributed by atoms with Crippen molar-refractivity contribution < 1.29 is 23.8 Å². The zero-order chi connectivity index (χ0) is 13.8. The molecule has 0 N–H and O–H groups in total. The number of esters is 2. The van der Waals surface area contributed by atoms with Crippen LogP contribution in [0.25, 0.3) is 0 Å². The summed E-state index contributed by atoms with van der Waals surface area (Å²) in [5.74, 6) is -1.74. The van der Waals surface area contributed by atoms with Crippen LogP contribution in [-0.2, 0) is 23.8 Å². The van der Waals surface area contributed by atoms with Crippen molar-refractivity contribution in [1.29, 1.82) is 0 Å². The summed E-state index contributed by atoms with van der Waals surface area (Å²) in [6, 6.07) is 0. The van der Waals surface area contributed by atoms with Crippen molar-refractivity contribution >= 4 is 11.9 Å². The fourth-order valence-electron chi connectivity index (χ4n) is 1.87. The molecule has 1 aliphatic rings. The van der Waals surface area contributed by atoms with Gasteiger partial charge in [-0.1, -0.05) is 12.8 Å². The lowest BCUT2D eigenvalue weighted by atomic mass is 10.2. The summed E-state index contributed by atoms with van der Waals surface area (Å²) in [5.41, 5.74) is 0. The number of hydrogen-bond acceptors (Lipinski definition) is 5. The molecule has 0 atom stereocenters. The van der Waals surface area contributed by atoms with Crippen LogP contribution >= 0.6 is 0 Å². The quantitative estimate of drug-likeness (QED) is 0.500. The number of ether oxygens (including phenoxy) is 3. The zero-order valence-electron chi connectivity index (χ0n) is 11.5. The molecule has 1 aliphatic heterocycles. The second-order valence-corrected chi connectivity index (χ2v) is 4.71. The number of carbonyl (C=O) groups is 2. The average Bonchev–Trinajstić information content (AvgIpc) is 2.41. The third-order valence-corrected chi connectivity index (χ3v) is 3.00. The maximum Gasteiger partial charge on any atom is 0.417 e. The molecular weight excluding hydrogens is 248 g/mol. The van der Waals surface area contributed by atoms with Gasteiger partial charge < -0.3 is 14.2 Å². The Balaban J connectivity index is 2.23. The molecule has 19 heavy (non-hydrogen) atoms. The molecular formula is C14H24O5. The summed E-state index contributed by atoms with van der Waals surface area (Å²) in [6.07, 6.45) is 7.70. The lowest BCUT2D eigenvalue weighted by Crippen LogP contribution is -2.21. The number of rotatable bonds is 0. The molecule has 1 fully saturated rings. The van der Waals surface area contributed by atoms with E-state index in [4.69, 9.17) is 14.2 Å². The maximum atomic E-state index is 11.2. The van der Waals surface area contributed by atoms with Crippen LogP contribution in [0.15, 0.2) is 0 Å². The summed E-state index contributed by atoms with van der Waals surface area (Å²) in [6.45, 7) is 2.19. The van der Waals surface area contributed by atoms with E-state index in [1.807, 2.05) is 0 Å². The van der Waals surface area contributed by atoms with Crippen molar-refractivity contribution in [3.8, 4) is 0 Å². The Morgan fingerprint density at radius 1 is 0.526 bits per heavy atom. The third kappa shape index (κ3) is 8.59. The maximum absolute atomic E-state index is 11.2. The van der Waals surface area contributed by atoms with Crippen molar-refractivity contribution in [1.82, 2.24) is 0 Å². The van der Waals surface area contributed by atoms with Gasteiger partial charge in [-0.3, -0.25) is 0 Å². The topological polar surface area (TPSA) is 61.8 Å². The average molecular weight is 272 g/mol. The van der Waals surface area contributed by atoms with E-state index >= 15 is 0 Å². The molecule has 1 heterocycles. The molecule has 110 valence electrons. The molecule has 0 unspecified atom stereocenters. The van der Waals surface area contributed by atoms with Crippen LogP contribution < -0.4 is 0 Å². The molecule has 1 rings (SSSR count). The van der Waals surface area contributed by atoms with Crippen LogP contribution in [0.3, 0.4) is 0 Å². The Kier molecular flexibility index (Phi) is 9.06. The molecule has 0 aromatic carbocycles. The number of hydrogen-bond donors (Lipinski definition) is 0. The van der Waals surface area contributed by atoms with Gasteiger partial charge in [-0.25, -0.2) is 9.59 Å². The van der Waals surface area contributed by atoms with Crippen molar-refractivity contribution in [3.63, 3.8) is 0 Å². The van der Waals surface area contributed by atoms with Crippen LogP contribution in [-0.4, -0.2) is 38.4 Å². The summed E-state index contributed by atoms with van der Waals surface area (Å²) < 4.78 is 15.2. The minimum absolute atomic E-state index is 0.286. The molecule has 0 aromatic rings. The monoisotopic (exact) mass is 272 g/mol. The van der Waals surface area contributed by atoms with E-state index in [2.05, 4.69) is 0 Å². The zero-order valence-corrected chi connectivity index (χ0v) is 11.5. The van der Waals surface area contributed by atoms with Gasteiger partial charge in [0.1, 0.15) is 0 Å². The van der Waals surface area contributed by atoms with Gasteiger partial charge in [0.05, 0.1) is 13.2 Å². The standard InChI is InChI=1S/C14H24O5/c15-13-14(16)19-12-8-4-2-6-10-17-9-5-1-3-7-11-18-13/h1-12H2. The van der Waals surface area contributed by atoms with Gasteiger partial charge in [0.25, 0.3) is 0 Å². The number of carbonyl (C=O) groups excluding carboxylic acids is 2. The lowest BCUT2D eigenvalue weighted by Gasteiger charge is -2.05. The molecule has 5 nitrogen and oxygen atoms in total. The largest absolute Gasteiger partial charge is 0.457 e. The first-order valence-electron chi connectivity index (χ1n) is 7.22. The lowest BCUT2D eigenvalue weighted by molar-refractivity contribution is -0.167. The van der Waals surface area contributed by atoms with Crippen molar-refractivity contribution in [2.24, 2.45) is 0 Å². The fraction of sp³-hybridized carbons (Fsp3) is 0.857. The first kappa shape index (κ1) is 16.0. The summed E-state index contributed by atoms with van der Waals surface area (Å²) in [5, 5.41) is 0. The van der Waals surface area contributed by atoms with Crippen molar-refractivity contribution in [3.05, 3.63) is 0 Å². The normalized spacial score (nSPS) is 22.1. The van der Waals surface area contributed by atoms with Crippen LogP contribution in [0.1, 0.15) is 51.4 Å². The Bertz CT molecular complexity index is 239. The van der Waals surface area contributed by atoms with E-state index in [0.717, 1.165) is 64.6 Å². The summed E-state index contributed by atoms with van der Waals surface area (Å²) in [4.78, 5) is 22.5. The number of cyclic esters (lactones) is 2. The predicted octanol–water partition coefficient (Wildman–Crippen LogP) is 2.22. The molecule has 1 saturated heterocycles. The van der Waals surface area contributed by atoms with Crippen LogP contribution in [0.5, 0.6) is 0 Å². The van der Waals surface area contributed by atoms with Gasteiger partial charge in [0.2, 0.25) is 0 Å². The molecule has 0 aromatic heterocycles. The van der Waals surface area contributed by atoms with Gasteiger partial charge in [0.15, 0.2) is 0 Å². The highest BCUT2D eigenvalue weighted by Gasteiger charge is 2.16. The SMILES string of the molecule is O=C1OCCCCCCOCCCCCCOC1=O. The smallest absolute Gasteiger partial charge is 0.417 e. The second kappa shape index (κ2) is 10.8. The Morgan fingerprint density at radius 2 is 0.895 bits per heavy atom. The molecule has 5 heteroatoms. The molecule has 0 spiro atoms. The van der Waals surface area contributed by atoms with Crippen molar-refractivity contribution in [2.45, 2.75) is 51.4 Å². The van der Waals surface area contributed by atoms with E-state index in [-0.39, 0.29) is 13.2 Å². The van der Waals surface area contributed by atoms with Crippen LogP contribution in [0, 0.1) is 0 Å². The predicted molar refractivity (Wildman–Crippen MR) is 69.7 cm³/mol. The third-order valence-electron chi connectivity index (χ3n) is 3.00. The highest BCUT2D eigenvalue weighted by molar-refractivity contribution is 6.29. The van der Waals surface area contributed by atoms with E-state index in [0.29, 0.717) is 0 Å². The van der Waals surface area contributed by atoms with Gasteiger partial charge in [-0.05, 0) is 38.5 Å². The van der Waals surface area contributed by atoms with Gasteiger partial charge in [-0.2, -0.15) is 0 Å². The van der Waals surface area contributed by atoms with E-state index in [1.165, 1.54) is 0 Å². The first-order chi connectivity index (χ1) is 9.30. The fourth-order valence-corrected chi connectivity index (χ4v) is 1.87. The Labute approximate surface area is 114 Å². The van der Waals surface area contributed by atoms with E-state index < -0.39 is 11.9 Å². The Morgan fingerprint density at radius 3 is 1.32 bits per heavy atom. The van der Waals surface area contributed by atoms with Crippen molar-refractivity contribution in [2.75, 3.05) is 26.4 Å². The highest BCUT2D eigenvalue weighted by atomic mass is 16.6. The summed E-state index contributed by atoms with van der Waals surface area (Å²) >= 11 is 0. The highest BCUT2D eigenvalue weighted by Crippen LogP contribution is 2.04. The molecule has 0 radical (unpaired) electrons. The molecule has 0 aliphatic carbocycles.